The van der Waals surface area contributed by atoms with Crippen LogP contribution in [0.15, 0.2) is 54.9 Å². The van der Waals surface area contributed by atoms with E-state index >= 15 is 0 Å². The van der Waals surface area contributed by atoms with Gasteiger partial charge in [-0.25, -0.2) is 18.6 Å². The molecule has 3 rings (SSSR count). The fourth-order valence-corrected chi connectivity index (χ4v) is 1.94. The molecule has 0 amide bonds. The van der Waals surface area contributed by atoms with Gasteiger partial charge in [0.1, 0.15) is 0 Å². The second kappa shape index (κ2) is 6.18. The monoisotopic (exact) mass is 324 g/mol. The van der Waals surface area contributed by atoms with Crippen LogP contribution in [0, 0.1) is 20.4 Å². The van der Waals surface area contributed by atoms with E-state index in [9.17, 15) is 10.1 Å². The Morgan fingerprint density at radius 1 is 0.955 bits per heavy atom. The smallest absolute Gasteiger partial charge is 0.258 e. The first-order valence-corrected chi connectivity index (χ1v) is 7.07. The van der Waals surface area contributed by atoms with E-state index in [-0.39, 0.29) is 10.6 Å². The van der Waals surface area contributed by atoms with E-state index in [0.717, 1.165) is 16.3 Å². The van der Waals surface area contributed by atoms with Gasteiger partial charge in [-0.3, -0.25) is 10.1 Å². The molecular formula is C13H9ClN2O6. The number of rotatable bonds is 1. The summed E-state index contributed by atoms with van der Waals surface area (Å²) < 4.78 is 36.0. The van der Waals surface area contributed by atoms with Crippen molar-refractivity contribution in [2.24, 2.45) is 0 Å². The highest BCUT2D eigenvalue weighted by Crippen LogP contribution is 2.20. The summed E-state index contributed by atoms with van der Waals surface area (Å²) in [7, 11) is -4.94. The fourth-order valence-electron chi connectivity index (χ4n) is 1.94. The van der Waals surface area contributed by atoms with Gasteiger partial charge < -0.3 is 0 Å². The van der Waals surface area contributed by atoms with Crippen LogP contribution in [-0.4, -0.2) is 4.92 Å². The Morgan fingerprint density at radius 3 is 2.27 bits per heavy atom. The van der Waals surface area contributed by atoms with Crippen LogP contribution < -0.4 is 23.0 Å². The molecule has 0 bridgehead atoms. The SMILES string of the molecule is O=[N+]([O-])c1ccc2c[n+]3ccccc3cc2c1.[O-][Cl+3]([O-])([O-])[O-]. The summed E-state index contributed by atoms with van der Waals surface area (Å²) >= 11 is 0. The number of hydrogen-bond acceptors (Lipinski definition) is 6. The highest BCUT2D eigenvalue weighted by atomic mass is 35.7. The Labute approximate surface area is 126 Å². The summed E-state index contributed by atoms with van der Waals surface area (Å²) in [5, 5.41) is 12.6. The van der Waals surface area contributed by atoms with Gasteiger partial charge >= 0.3 is 0 Å². The molecular weight excluding hydrogens is 316 g/mol. The van der Waals surface area contributed by atoms with E-state index < -0.39 is 10.2 Å². The van der Waals surface area contributed by atoms with Crippen molar-refractivity contribution in [1.29, 1.82) is 0 Å². The highest BCUT2D eigenvalue weighted by Gasteiger charge is 2.09. The van der Waals surface area contributed by atoms with Crippen LogP contribution in [0.4, 0.5) is 5.69 Å². The van der Waals surface area contributed by atoms with Crippen molar-refractivity contribution in [3.05, 3.63) is 65.0 Å². The van der Waals surface area contributed by atoms with Gasteiger partial charge in [0, 0.05) is 41.1 Å². The first-order chi connectivity index (χ1) is 10.2. The van der Waals surface area contributed by atoms with Crippen LogP contribution in [0.3, 0.4) is 0 Å². The molecule has 3 aromatic rings. The molecule has 9 heteroatoms. The van der Waals surface area contributed by atoms with Crippen molar-refractivity contribution in [3.8, 4) is 0 Å². The number of non-ortho nitro benzene ring substituents is 1. The lowest BCUT2D eigenvalue weighted by Gasteiger charge is -2.17. The topological polar surface area (TPSA) is 139 Å². The second-order valence-corrected chi connectivity index (χ2v) is 5.01. The van der Waals surface area contributed by atoms with Crippen LogP contribution >= 0.6 is 0 Å². The number of aromatic nitrogens is 1. The van der Waals surface area contributed by atoms with Gasteiger partial charge in [0.15, 0.2) is 12.4 Å². The number of nitro benzene ring substituents is 1. The van der Waals surface area contributed by atoms with Crippen molar-refractivity contribution in [3.63, 3.8) is 0 Å². The number of halogens is 1. The fraction of sp³-hybridized carbons (Fsp3) is 0. The van der Waals surface area contributed by atoms with Gasteiger partial charge in [-0.15, -0.1) is 10.2 Å². The summed E-state index contributed by atoms with van der Waals surface area (Å²) in [4.78, 5) is 10.3. The van der Waals surface area contributed by atoms with E-state index in [2.05, 4.69) is 0 Å². The number of nitrogens with zero attached hydrogens (tertiary/aromatic N) is 2. The molecule has 0 aliphatic heterocycles. The lowest BCUT2D eigenvalue weighted by atomic mass is 10.1. The third-order valence-electron chi connectivity index (χ3n) is 2.79. The average Bonchev–Trinajstić information content (AvgIpc) is 2.42. The standard InChI is InChI=1S/C13H9N2O2.ClHO4/c16-15(17)13-5-4-10-9-14-6-2-1-3-12(14)7-11(10)8-13;2-1(3,4)5/h1-9H;(H,2,3,4,5)/q+1;/p-1. The molecule has 0 spiro atoms. The average molecular weight is 325 g/mol. The summed E-state index contributed by atoms with van der Waals surface area (Å²) in [5.41, 5.74) is 1.14. The molecule has 2 heterocycles. The van der Waals surface area contributed by atoms with E-state index in [1.54, 1.807) is 12.1 Å². The first-order valence-electron chi connectivity index (χ1n) is 5.84. The normalized spacial score (nSPS) is 11.1. The molecule has 0 N–H and O–H groups in total. The number of nitro groups is 1. The maximum atomic E-state index is 10.7. The van der Waals surface area contributed by atoms with Crippen LogP contribution in [0.25, 0.3) is 16.3 Å². The first kappa shape index (κ1) is 16.0. The van der Waals surface area contributed by atoms with Crippen molar-refractivity contribution < 1.29 is 38.2 Å². The molecule has 0 radical (unpaired) electrons. The van der Waals surface area contributed by atoms with Crippen molar-refractivity contribution in [2.75, 3.05) is 0 Å². The Bertz CT molecular complexity index is 827. The summed E-state index contributed by atoms with van der Waals surface area (Å²) in [6.45, 7) is 0. The van der Waals surface area contributed by atoms with Crippen LogP contribution in [0.2, 0.25) is 0 Å². The van der Waals surface area contributed by atoms with Crippen molar-refractivity contribution >= 4 is 22.0 Å². The summed E-state index contributed by atoms with van der Waals surface area (Å²) in [6.07, 6.45) is 3.92. The van der Waals surface area contributed by atoms with Gasteiger partial charge in [-0.1, -0.05) is 0 Å². The van der Waals surface area contributed by atoms with E-state index in [1.165, 1.54) is 6.07 Å². The minimum Gasteiger partial charge on any atom is -0.258 e. The maximum Gasteiger partial charge on any atom is 0.270 e. The number of pyridine rings is 2. The van der Waals surface area contributed by atoms with Gasteiger partial charge in [-0.05, 0) is 12.1 Å². The number of fused-ring (bicyclic) bond motifs is 2. The van der Waals surface area contributed by atoms with Crippen LogP contribution in [0.1, 0.15) is 0 Å². The molecule has 0 saturated heterocycles. The minimum absolute atomic E-state index is 0.123. The van der Waals surface area contributed by atoms with E-state index in [1.807, 2.05) is 41.1 Å². The predicted molar refractivity (Wildman–Crippen MR) is 63.8 cm³/mol. The van der Waals surface area contributed by atoms with Crippen molar-refractivity contribution in [1.82, 2.24) is 0 Å². The van der Waals surface area contributed by atoms with Gasteiger partial charge in [-0.2, -0.15) is 4.40 Å². The summed E-state index contributed by atoms with van der Waals surface area (Å²) in [6, 6.07) is 12.7. The van der Waals surface area contributed by atoms with Gasteiger partial charge in [0.2, 0.25) is 5.52 Å². The third kappa shape index (κ3) is 4.32. The molecule has 0 atom stereocenters. The second-order valence-electron chi connectivity index (χ2n) is 4.25. The third-order valence-corrected chi connectivity index (χ3v) is 2.79. The molecule has 0 unspecified atom stereocenters. The molecule has 22 heavy (non-hydrogen) atoms. The predicted octanol–water partition coefficient (Wildman–Crippen LogP) is -2.27. The quantitative estimate of drug-likeness (QED) is 0.214. The Balaban J connectivity index is 0.000000309. The lowest BCUT2D eigenvalue weighted by Crippen LogP contribution is -2.68. The van der Waals surface area contributed by atoms with Gasteiger partial charge in [0.05, 0.1) is 4.92 Å². The molecule has 0 aliphatic rings. The zero-order valence-corrected chi connectivity index (χ0v) is 11.7. The maximum absolute atomic E-state index is 10.7. The molecule has 8 nitrogen and oxygen atoms in total. The van der Waals surface area contributed by atoms with Crippen molar-refractivity contribution in [2.45, 2.75) is 0 Å². The van der Waals surface area contributed by atoms with Crippen LogP contribution in [-0.2, 0) is 0 Å². The Morgan fingerprint density at radius 2 is 1.64 bits per heavy atom. The molecule has 114 valence electrons. The van der Waals surface area contributed by atoms with Crippen LogP contribution in [0.5, 0.6) is 0 Å². The minimum atomic E-state index is -4.94. The molecule has 1 aromatic carbocycles. The Hall–Kier alpha value is -2.36. The molecule has 0 aliphatic carbocycles. The zero-order valence-electron chi connectivity index (χ0n) is 10.9. The molecule has 2 aromatic heterocycles. The number of hydrogen-bond donors (Lipinski definition) is 0. The summed E-state index contributed by atoms with van der Waals surface area (Å²) in [5.74, 6) is 0. The number of benzene rings is 1. The van der Waals surface area contributed by atoms with E-state index in [4.69, 9.17) is 18.6 Å². The highest BCUT2D eigenvalue weighted by molar-refractivity contribution is 5.85. The Kier molecular flexibility index (Phi) is 4.50. The molecule has 0 saturated carbocycles. The van der Waals surface area contributed by atoms with E-state index in [0.29, 0.717) is 0 Å². The van der Waals surface area contributed by atoms with Gasteiger partial charge in [0.25, 0.3) is 5.69 Å². The largest absolute Gasteiger partial charge is 0.270 e. The molecule has 0 fully saturated rings. The zero-order chi connectivity index (χ0) is 16.3. The lowest BCUT2D eigenvalue weighted by molar-refractivity contribution is -2.00.